The fourth-order valence-electron chi connectivity index (χ4n) is 0.844. The quantitative estimate of drug-likeness (QED) is 0.567. The molecule has 0 saturated heterocycles. The predicted octanol–water partition coefficient (Wildman–Crippen LogP) is 2.92. The molecule has 0 rings (SSSR count). The molecule has 0 aliphatic rings. The second-order valence-electron chi connectivity index (χ2n) is 3.41. The molecule has 2 unspecified atom stereocenters. The Balaban J connectivity index is 0. The third-order valence-electron chi connectivity index (χ3n) is 1.84. The zero-order valence-electron chi connectivity index (χ0n) is 11.2. The number of hydrogen-bond donors (Lipinski definition) is 1. The molecule has 0 aromatic rings. The van der Waals surface area contributed by atoms with Crippen molar-refractivity contribution in [1.29, 1.82) is 0 Å². The van der Waals surface area contributed by atoms with Crippen LogP contribution in [-0.4, -0.2) is 23.6 Å². The molecule has 0 aliphatic carbocycles. The molecular weight excluding hydrogens is 243 g/mol. The van der Waals surface area contributed by atoms with Crippen LogP contribution >= 0.6 is 8.25 Å². The number of carbonyl (C=O) groups excluding carboxylic acids is 1. The van der Waals surface area contributed by atoms with Gasteiger partial charge in [0.2, 0.25) is 0 Å². The average Bonchev–Trinajstić information content (AvgIpc) is 2.28. The summed E-state index contributed by atoms with van der Waals surface area (Å²) in [6, 6.07) is 0. The molecule has 5 nitrogen and oxygen atoms in total. The third-order valence-corrected chi connectivity index (χ3v) is 2.33. The fourth-order valence-corrected chi connectivity index (χ4v) is 1.30. The maximum Gasteiger partial charge on any atom is 0.335 e. The summed E-state index contributed by atoms with van der Waals surface area (Å²) in [6.07, 6.45) is 2.83. The van der Waals surface area contributed by atoms with Crippen molar-refractivity contribution < 1.29 is 23.5 Å². The molecule has 0 saturated carbocycles. The molecule has 0 heterocycles. The molecule has 0 fully saturated rings. The van der Waals surface area contributed by atoms with Gasteiger partial charge in [-0.05, 0) is 13.3 Å². The molecular formula is C11H25O5P. The van der Waals surface area contributed by atoms with Crippen molar-refractivity contribution in [3.63, 3.8) is 0 Å². The van der Waals surface area contributed by atoms with Crippen molar-refractivity contribution in [2.75, 3.05) is 6.61 Å². The van der Waals surface area contributed by atoms with Crippen molar-refractivity contribution in [1.82, 2.24) is 0 Å². The molecule has 0 spiro atoms. The fraction of sp³-hybridized carbons (Fsp3) is 0.909. The topological polar surface area (TPSA) is 72.8 Å². The standard InChI is InChI=1S/C7H15O5P.C4H10/c1-3-5-6(12-13(9)10)7(8)11-4-2;1-3-4-2/h6,13H,3-5H2,1-2H3,(H,9,10);3-4H2,1-2H3. The Morgan fingerprint density at radius 3 is 2.00 bits per heavy atom. The molecule has 2 atom stereocenters. The van der Waals surface area contributed by atoms with Crippen LogP contribution in [0.1, 0.15) is 53.4 Å². The first-order valence-electron chi connectivity index (χ1n) is 6.09. The number of rotatable bonds is 7. The normalized spacial score (nSPS) is 13.2. The number of ether oxygens (including phenoxy) is 1. The minimum absolute atomic E-state index is 0.245. The second-order valence-corrected chi connectivity index (χ2v) is 4.18. The van der Waals surface area contributed by atoms with Gasteiger partial charge in [0.15, 0.2) is 6.10 Å². The monoisotopic (exact) mass is 268 g/mol. The highest BCUT2D eigenvalue weighted by Crippen LogP contribution is 2.21. The van der Waals surface area contributed by atoms with Crippen LogP contribution in [0.4, 0.5) is 0 Å². The van der Waals surface area contributed by atoms with Crippen LogP contribution in [0.3, 0.4) is 0 Å². The van der Waals surface area contributed by atoms with Crippen molar-refractivity contribution in [3.8, 4) is 0 Å². The first-order valence-corrected chi connectivity index (χ1v) is 7.35. The van der Waals surface area contributed by atoms with Crippen molar-refractivity contribution >= 4 is 14.2 Å². The number of esters is 1. The van der Waals surface area contributed by atoms with Gasteiger partial charge in [0.1, 0.15) is 0 Å². The molecule has 0 radical (unpaired) electrons. The molecule has 1 N–H and O–H groups in total. The lowest BCUT2D eigenvalue weighted by molar-refractivity contribution is -0.151. The van der Waals surface area contributed by atoms with Crippen LogP contribution in [0, 0.1) is 0 Å². The highest BCUT2D eigenvalue weighted by atomic mass is 31.1. The van der Waals surface area contributed by atoms with Gasteiger partial charge in [0.25, 0.3) is 0 Å². The summed E-state index contributed by atoms with van der Waals surface area (Å²) in [5.74, 6) is -0.572. The molecule has 0 aromatic heterocycles. The van der Waals surface area contributed by atoms with Gasteiger partial charge in [-0.1, -0.05) is 40.0 Å². The lowest BCUT2D eigenvalue weighted by Crippen LogP contribution is -2.24. The van der Waals surface area contributed by atoms with Gasteiger partial charge < -0.3 is 9.63 Å². The SMILES string of the molecule is CCCC.CCCC(O[PH](=O)O)C(=O)OCC. The summed E-state index contributed by atoms with van der Waals surface area (Å²) >= 11 is 0. The average molecular weight is 268 g/mol. The van der Waals surface area contributed by atoms with Gasteiger partial charge in [-0.15, -0.1) is 0 Å². The number of carbonyl (C=O) groups is 1. The van der Waals surface area contributed by atoms with Gasteiger partial charge >= 0.3 is 14.2 Å². The van der Waals surface area contributed by atoms with Crippen LogP contribution in [0.15, 0.2) is 0 Å². The Morgan fingerprint density at radius 1 is 1.18 bits per heavy atom. The second kappa shape index (κ2) is 13.7. The summed E-state index contributed by atoms with van der Waals surface area (Å²) in [5, 5.41) is 0. The first-order chi connectivity index (χ1) is 8.03. The number of hydrogen-bond acceptors (Lipinski definition) is 4. The van der Waals surface area contributed by atoms with E-state index in [0.717, 1.165) is 0 Å². The predicted molar refractivity (Wildman–Crippen MR) is 68.2 cm³/mol. The van der Waals surface area contributed by atoms with Crippen LogP contribution in [0.2, 0.25) is 0 Å². The first kappa shape index (κ1) is 19.0. The van der Waals surface area contributed by atoms with Gasteiger partial charge in [0, 0.05) is 0 Å². The zero-order valence-corrected chi connectivity index (χ0v) is 12.2. The smallest absolute Gasteiger partial charge is 0.335 e. The maximum absolute atomic E-state index is 11.1. The van der Waals surface area contributed by atoms with Crippen LogP contribution in [0.5, 0.6) is 0 Å². The van der Waals surface area contributed by atoms with Crippen LogP contribution in [-0.2, 0) is 18.6 Å². The van der Waals surface area contributed by atoms with E-state index < -0.39 is 20.3 Å². The Bertz CT molecular complexity index is 206. The molecule has 104 valence electrons. The van der Waals surface area contributed by atoms with Crippen LogP contribution in [0.25, 0.3) is 0 Å². The summed E-state index contributed by atoms with van der Waals surface area (Å²) in [4.78, 5) is 19.6. The zero-order chi connectivity index (χ0) is 13.7. The molecule has 0 amide bonds. The highest BCUT2D eigenvalue weighted by molar-refractivity contribution is 7.32. The summed E-state index contributed by atoms with van der Waals surface area (Å²) < 4.78 is 19.5. The lowest BCUT2D eigenvalue weighted by atomic mass is 10.2. The minimum Gasteiger partial charge on any atom is -0.464 e. The van der Waals surface area contributed by atoms with E-state index in [9.17, 15) is 9.36 Å². The van der Waals surface area contributed by atoms with Gasteiger partial charge in [0.05, 0.1) is 6.61 Å². The van der Waals surface area contributed by atoms with Crippen LogP contribution < -0.4 is 0 Å². The van der Waals surface area contributed by atoms with Gasteiger partial charge in [-0.25, -0.2) is 4.79 Å². The van der Waals surface area contributed by atoms with E-state index in [-0.39, 0.29) is 6.61 Å². The Kier molecular flexibility index (Phi) is 15.3. The molecule has 6 heteroatoms. The van der Waals surface area contributed by atoms with E-state index in [2.05, 4.69) is 23.1 Å². The molecule has 0 aromatic carbocycles. The van der Waals surface area contributed by atoms with Gasteiger partial charge in [-0.3, -0.25) is 9.09 Å². The largest absolute Gasteiger partial charge is 0.464 e. The number of unbranched alkanes of at least 4 members (excludes halogenated alkanes) is 1. The van der Waals surface area contributed by atoms with E-state index in [1.165, 1.54) is 12.8 Å². The maximum atomic E-state index is 11.1. The van der Waals surface area contributed by atoms with Crippen molar-refractivity contribution in [3.05, 3.63) is 0 Å². The van der Waals surface area contributed by atoms with Crippen molar-refractivity contribution in [2.24, 2.45) is 0 Å². The summed E-state index contributed by atoms with van der Waals surface area (Å²) in [7, 11) is -3.07. The van der Waals surface area contributed by atoms with E-state index in [1.807, 2.05) is 6.92 Å². The molecule has 17 heavy (non-hydrogen) atoms. The Labute approximate surface area is 104 Å². The molecule has 0 aliphatic heterocycles. The summed E-state index contributed by atoms with van der Waals surface area (Å²) in [6.45, 7) is 8.13. The lowest BCUT2D eigenvalue weighted by Gasteiger charge is -2.12. The van der Waals surface area contributed by atoms with Gasteiger partial charge in [-0.2, -0.15) is 0 Å². The summed E-state index contributed by atoms with van der Waals surface area (Å²) in [5.41, 5.74) is 0. The van der Waals surface area contributed by atoms with E-state index >= 15 is 0 Å². The van der Waals surface area contributed by atoms with E-state index in [4.69, 9.17) is 4.89 Å². The molecule has 0 bridgehead atoms. The van der Waals surface area contributed by atoms with E-state index in [0.29, 0.717) is 12.8 Å². The highest BCUT2D eigenvalue weighted by Gasteiger charge is 2.21. The Hall–Kier alpha value is -0.380. The van der Waals surface area contributed by atoms with Crippen molar-refractivity contribution in [2.45, 2.75) is 59.5 Å². The minimum atomic E-state index is -3.07. The van der Waals surface area contributed by atoms with E-state index in [1.54, 1.807) is 6.92 Å². The third kappa shape index (κ3) is 13.6. The Morgan fingerprint density at radius 2 is 1.71 bits per heavy atom.